The summed E-state index contributed by atoms with van der Waals surface area (Å²) in [6.07, 6.45) is 2.59. The monoisotopic (exact) mass is 781 g/mol. The van der Waals surface area contributed by atoms with Gasteiger partial charge in [0.25, 0.3) is 0 Å². The molecule has 0 unspecified atom stereocenters. The van der Waals surface area contributed by atoms with Gasteiger partial charge in [-0.05, 0) is 0 Å². The number of halogens is 2. The van der Waals surface area contributed by atoms with E-state index in [2.05, 4.69) is 201 Å². The van der Waals surface area contributed by atoms with Crippen molar-refractivity contribution in [1.82, 2.24) is 0 Å². The van der Waals surface area contributed by atoms with Crippen molar-refractivity contribution in [1.29, 1.82) is 0 Å². The van der Waals surface area contributed by atoms with E-state index < -0.39 is 17.2 Å². The van der Waals surface area contributed by atoms with Gasteiger partial charge < -0.3 is 0 Å². The summed E-state index contributed by atoms with van der Waals surface area (Å²) in [5.74, 6) is -2.82. The minimum atomic E-state index is -3.42. The van der Waals surface area contributed by atoms with Gasteiger partial charge in [-0.1, -0.05) is 0 Å². The Bertz CT molecular complexity index is 1840. The van der Waals surface area contributed by atoms with Crippen molar-refractivity contribution >= 4 is 85.4 Å². The van der Waals surface area contributed by atoms with Crippen LogP contribution in [0.25, 0.3) is 0 Å². The normalized spacial score (nSPS) is 12.6. The van der Waals surface area contributed by atoms with Crippen LogP contribution in [0.15, 0.2) is 170 Å². The van der Waals surface area contributed by atoms with Crippen molar-refractivity contribution in [3.8, 4) is 0 Å². The molecule has 0 aliphatic heterocycles. The second-order valence-electron chi connectivity index (χ2n) is 11.7. The number of carbonyl (C=O) groups is 1. The Hall–Kier alpha value is -3.39. The number of benzene rings is 6. The van der Waals surface area contributed by atoms with Crippen LogP contribution in [0.5, 0.6) is 0 Å². The average molecular weight is 784 g/mol. The summed E-state index contributed by atoms with van der Waals surface area (Å²) in [5, 5.41) is 14.4. The molecule has 0 amide bonds. The molecule has 0 spiro atoms. The van der Waals surface area contributed by atoms with E-state index in [-0.39, 0.29) is 6.42 Å². The van der Waals surface area contributed by atoms with E-state index in [1.807, 2.05) is 0 Å². The summed E-state index contributed by atoms with van der Waals surface area (Å²) in [4.78, 5) is 11.0. The Kier molecular flexibility index (Phi) is 10.3. The first kappa shape index (κ1) is 33.5. The molecule has 0 aliphatic carbocycles. The molecule has 0 bridgehead atoms. The molecule has 0 fully saturated rings. The number of hydrogen-bond donors (Lipinski definition) is 1. The van der Waals surface area contributed by atoms with Crippen LogP contribution < -0.4 is 37.1 Å². The van der Waals surface area contributed by atoms with E-state index in [1.54, 1.807) is 0 Å². The molecule has 0 aliphatic rings. The predicted molar refractivity (Wildman–Crippen MR) is 213 cm³/mol. The minimum absolute atomic E-state index is 0.209. The van der Waals surface area contributed by atoms with Crippen LogP contribution in [-0.2, 0) is 11.2 Å². The third-order valence-corrected chi connectivity index (χ3v) is 25.6. The zero-order valence-corrected chi connectivity index (χ0v) is 31.0. The molecular weight excluding hydrogens is 746 g/mol. The summed E-state index contributed by atoms with van der Waals surface area (Å²) in [6, 6.07) is 61.5. The Morgan fingerprint density at radius 2 is 0.872 bits per heavy atom. The van der Waals surface area contributed by atoms with E-state index in [9.17, 15) is 4.79 Å². The van der Waals surface area contributed by atoms with Gasteiger partial charge in [-0.25, -0.2) is 0 Å². The Balaban J connectivity index is 1.54. The van der Waals surface area contributed by atoms with Gasteiger partial charge in [-0.15, -0.1) is 0 Å². The predicted octanol–water partition coefficient (Wildman–Crippen LogP) is 8.55. The number of aliphatic carboxylic acids is 1. The second kappa shape index (κ2) is 14.4. The first-order valence-electron chi connectivity index (χ1n) is 15.8. The van der Waals surface area contributed by atoms with Crippen molar-refractivity contribution in [2.45, 2.75) is 25.7 Å². The van der Waals surface area contributed by atoms with Gasteiger partial charge in [-0.3, -0.25) is 0 Å². The first-order chi connectivity index (χ1) is 22.8. The Labute approximate surface area is 294 Å². The maximum absolute atomic E-state index is 11.0. The van der Waals surface area contributed by atoms with E-state index in [4.69, 9.17) is 5.11 Å². The number of carboxylic acids is 1. The summed E-state index contributed by atoms with van der Waals surface area (Å²) in [7, 11) is 0. The van der Waals surface area contributed by atoms with Gasteiger partial charge in [0, 0.05) is 0 Å². The van der Waals surface area contributed by atoms with Crippen LogP contribution in [-0.4, -0.2) is 11.1 Å². The zero-order chi connectivity index (χ0) is 32.8. The number of hydrogen-bond acceptors (Lipinski definition) is 1. The third-order valence-electron chi connectivity index (χ3n) is 8.92. The second-order valence-corrected chi connectivity index (χ2v) is 26.0. The molecule has 0 saturated heterocycles. The van der Waals surface area contributed by atoms with E-state index in [0.717, 1.165) is 12.8 Å². The van der Waals surface area contributed by atoms with Gasteiger partial charge in [0.15, 0.2) is 0 Å². The van der Waals surface area contributed by atoms with Crippen LogP contribution in [0, 0.1) is 0 Å². The van der Waals surface area contributed by atoms with Crippen molar-refractivity contribution in [3.05, 3.63) is 175 Å². The van der Waals surface area contributed by atoms with Gasteiger partial charge in [-0.2, -0.15) is 0 Å². The standard InChI is InChI=1S/C41H36Br2O2P2/c42-46(34-16-5-1-6-17-34,35-18-7-2-8-19-35)36-27-31-40(32-28-36)47(43,37-20-9-3-10-21-37,38-22-11-4-12-23-38)39-29-25-33(26-30-39)15-13-14-24-41(44)45/h1-12,16-23,25-32H,13-15,24H2/p+1. The molecule has 47 heavy (non-hydrogen) atoms. The molecule has 0 atom stereocenters. The van der Waals surface area contributed by atoms with Gasteiger partial charge in [0.1, 0.15) is 0 Å². The van der Waals surface area contributed by atoms with E-state index in [1.165, 1.54) is 42.7 Å². The van der Waals surface area contributed by atoms with Crippen molar-refractivity contribution in [3.63, 3.8) is 0 Å². The molecule has 6 aromatic rings. The fraction of sp³-hybridized carbons (Fsp3) is 0.0976. The Morgan fingerprint density at radius 1 is 0.511 bits per heavy atom. The molecule has 6 heteroatoms. The number of carboxylic acid groups (broad SMARTS) is 1. The molecular formula is C41H37Br2O2P2+. The van der Waals surface area contributed by atoms with Gasteiger partial charge in [0.05, 0.1) is 0 Å². The SMILES string of the molecule is O=C(O)CCCCc1ccc(P(Br)(c2ccccc2)(c2ccccc2)c2ccc([P+](Br)(c3ccccc3)c3ccccc3)cc2)cc1. The third kappa shape index (κ3) is 6.30. The van der Waals surface area contributed by atoms with Crippen LogP contribution in [0.4, 0.5) is 0 Å². The molecule has 0 aromatic heterocycles. The average Bonchev–Trinajstić information content (AvgIpc) is 3.14. The molecule has 1 N–H and O–H groups in total. The van der Waals surface area contributed by atoms with E-state index in [0.29, 0.717) is 6.42 Å². The number of aryl methyl sites for hydroxylation is 1. The van der Waals surface area contributed by atoms with Crippen LogP contribution in [0.1, 0.15) is 24.8 Å². The molecule has 0 heterocycles. The van der Waals surface area contributed by atoms with Crippen molar-refractivity contribution in [2.75, 3.05) is 0 Å². The first-order valence-corrected chi connectivity index (χ1v) is 23.9. The summed E-state index contributed by atoms with van der Waals surface area (Å²) >= 11 is 9.01. The fourth-order valence-corrected chi connectivity index (χ4v) is 18.8. The maximum atomic E-state index is 11.0. The molecule has 6 rings (SSSR count). The molecule has 0 radical (unpaired) electrons. The van der Waals surface area contributed by atoms with Crippen LogP contribution in [0.2, 0.25) is 0 Å². The number of unbranched alkanes of at least 4 members (excludes halogenated alkanes) is 1. The quantitative estimate of drug-likeness (QED) is 0.0999. The van der Waals surface area contributed by atoms with E-state index >= 15 is 0 Å². The van der Waals surface area contributed by atoms with Crippen LogP contribution in [0.3, 0.4) is 0 Å². The Morgan fingerprint density at radius 3 is 1.30 bits per heavy atom. The van der Waals surface area contributed by atoms with Gasteiger partial charge >= 0.3 is 296 Å². The molecule has 0 saturated carbocycles. The van der Waals surface area contributed by atoms with Crippen LogP contribution >= 0.6 is 42.2 Å². The summed E-state index contributed by atoms with van der Waals surface area (Å²) in [6.45, 7) is 0. The van der Waals surface area contributed by atoms with Crippen molar-refractivity contribution < 1.29 is 9.90 Å². The van der Waals surface area contributed by atoms with Crippen molar-refractivity contribution in [2.24, 2.45) is 0 Å². The molecule has 2 nitrogen and oxygen atoms in total. The fourth-order valence-electron chi connectivity index (χ4n) is 6.51. The summed E-state index contributed by atoms with van der Waals surface area (Å²) < 4.78 is 0. The van der Waals surface area contributed by atoms with Gasteiger partial charge in [0.2, 0.25) is 0 Å². The molecule has 6 aromatic carbocycles. The zero-order valence-electron chi connectivity index (χ0n) is 26.0. The number of rotatable bonds is 12. The summed E-state index contributed by atoms with van der Waals surface area (Å²) in [5.41, 5.74) is 1.22. The topological polar surface area (TPSA) is 37.3 Å². The molecule has 236 valence electrons.